The average Bonchev–Trinajstić information content (AvgIpc) is 2.37. The van der Waals surface area contributed by atoms with Crippen molar-refractivity contribution in [2.45, 2.75) is 52.9 Å². The monoisotopic (exact) mass is 291 g/mol. The second kappa shape index (κ2) is 12.5. The molecule has 0 fully saturated rings. The minimum atomic E-state index is -0.503. The van der Waals surface area contributed by atoms with Crippen LogP contribution >= 0.6 is 0 Å². The fraction of sp³-hybridized carbons (Fsp3) is 1.00. The second-order valence-corrected chi connectivity index (χ2v) is 5.57. The highest BCUT2D eigenvalue weighted by atomic mass is 16.5. The maximum Gasteiger partial charge on any atom is 0.0897 e. The summed E-state index contributed by atoms with van der Waals surface area (Å²) in [5.41, 5.74) is 0. The van der Waals surface area contributed by atoms with Gasteiger partial charge in [-0.3, -0.25) is 0 Å². The normalized spacial score (nSPS) is 15.0. The van der Waals surface area contributed by atoms with Gasteiger partial charge in [-0.05, 0) is 26.7 Å². The van der Waals surface area contributed by atoms with E-state index in [0.29, 0.717) is 45.5 Å². The molecule has 5 nitrogen and oxygen atoms in total. The summed E-state index contributed by atoms with van der Waals surface area (Å²) in [6.07, 6.45) is -0.285. The predicted molar refractivity (Wildman–Crippen MR) is 81.0 cm³/mol. The molecule has 0 saturated heterocycles. The molecule has 0 bridgehead atoms. The third kappa shape index (κ3) is 11.6. The Labute approximate surface area is 124 Å². The van der Waals surface area contributed by atoms with Crippen LogP contribution in [-0.2, 0) is 14.2 Å². The third-order valence-corrected chi connectivity index (χ3v) is 2.91. The van der Waals surface area contributed by atoms with Gasteiger partial charge in [0.1, 0.15) is 0 Å². The van der Waals surface area contributed by atoms with Crippen molar-refractivity contribution in [3.8, 4) is 0 Å². The quantitative estimate of drug-likeness (QED) is 0.503. The SMILES string of the molecule is CCOCC(NCC(O)COCCOC(C)C)C(C)C. The molecule has 2 unspecified atom stereocenters. The molecule has 0 aliphatic heterocycles. The molecule has 0 spiro atoms. The summed E-state index contributed by atoms with van der Waals surface area (Å²) in [4.78, 5) is 0. The zero-order chi connectivity index (χ0) is 15.4. The smallest absolute Gasteiger partial charge is 0.0897 e. The van der Waals surface area contributed by atoms with Crippen molar-refractivity contribution < 1.29 is 19.3 Å². The van der Waals surface area contributed by atoms with Crippen molar-refractivity contribution in [2.75, 3.05) is 39.6 Å². The van der Waals surface area contributed by atoms with Crippen LogP contribution in [0.3, 0.4) is 0 Å². The van der Waals surface area contributed by atoms with Crippen LogP contribution in [0.25, 0.3) is 0 Å². The van der Waals surface area contributed by atoms with E-state index in [-0.39, 0.29) is 12.1 Å². The van der Waals surface area contributed by atoms with Gasteiger partial charge in [0, 0.05) is 19.2 Å². The van der Waals surface area contributed by atoms with Gasteiger partial charge in [-0.15, -0.1) is 0 Å². The Morgan fingerprint density at radius 3 is 2.25 bits per heavy atom. The fourth-order valence-electron chi connectivity index (χ4n) is 1.64. The van der Waals surface area contributed by atoms with Crippen LogP contribution in [0.15, 0.2) is 0 Å². The lowest BCUT2D eigenvalue weighted by atomic mass is 10.1. The summed E-state index contributed by atoms with van der Waals surface area (Å²) in [6, 6.07) is 0.258. The van der Waals surface area contributed by atoms with Crippen LogP contribution in [-0.4, -0.2) is 62.9 Å². The summed E-state index contributed by atoms with van der Waals surface area (Å²) in [5, 5.41) is 13.2. The molecule has 0 aromatic carbocycles. The third-order valence-electron chi connectivity index (χ3n) is 2.91. The Balaban J connectivity index is 3.65. The Bertz CT molecular complexity index is 212. The van der Waals surface area contributed by atoms with Crippen molar-refractivity contribution in [1.82, 2.24) is 5.32 Å². The molecule has 0 amide bonds. The lowest BCUT2D eigenvalue weighted by molar-refractivity contribution is -0.0117. The van der Waals surface area contributed by atoms with E-state index in [1.165, 1.54) is 0 Å². The molecule has 0 radical (unpaired) electrons. The molecular weight excluding hydrogens is 258 g/mol. The highest BCUT2D eigenvalue weighted by molar-refractivity contribution is 4.72. The van der Waals surface area contributed by atoms with Crippen molar-refractivity contribution in [3.05, 3.63) is 0 Å². The van der Waals surface area contributed by atoms with E-state index >= 15 is 0 Å². The van der Waals surface area contributed by atoms with Gasteiger partial charge in [0.05, 0.1) is 38.6 Å². The summed E-state index contributed by atoms with van der Waals surface area (Å²) in [5.74, 6) is 0.467. The zero-order valence-electron chi connectivity index (χ0n) is 13.7. The molecule has 20 heavy (non-hydrogen) atoms. The fourth-order valence-corrected chi connectivity index (χ4v) is 1.64. The molecule has 0 heterocycles. The number of hydrogen-bond acceptors (Lipinski definition) is 5. The van der Waals surface area contributed by atoms with Crippen LogP contribution in [0, 0.1) is 5.92 Å². The Morgan fingerprint density at radius 1 is 1.00 bits per heavy atom. The first-order chi connectivity index (χ1) is 9.47. The maximum absolute atomic E-state index is 9.84. The predicted octanol–water partition coefficient (Wildman–Crippen LogP) is 1.44. The second-order valence-electron chi connectivity index (χ2n) is 5.57. The van der Waals surface area contributed by atoms with Gasteiger partial charge in [-0.1, -0.05) is 13.8 Å². The van der Waals surface area contributed by atoms with E-state index < -0.39 is 6.10 Å². The largest absolute Gasteiger partial charge is 0.389 e. The van der Waals surface area contributed by atoms with Crippen LogP contribution in [0.2, 0.25) is 0 Å². The van der Waals surface area contributed by atoms with E-state index in [0.717, 1.165) is 0 Å². The lowest BCUT2D eigenvalue weighted by Crippen LogP contribution is -2.43. The molecule has 0 saturated carbocycles. The van der Waals surface area contributed by atoms with E-state index in [2.05, 4.69) is 19.2 Å². The van der Waals surface area contributed by atoms with E-state index in [1.807, 2.05) is 20.8 Å². The molecular formula is C15H33NO4. The minimum absolute atomic E-state index is 0.218. The molecule has 0 rings (SSSR count). The van der Waals surface area contributed by atoms with Gasteiger partial charge in [-0.25, -0.2) is 0 Å². The Kier molecular flexibility index (Phi) is 12.4. The standard InChI is InChI=1S/C15H33NO4/c1-6-18-11-15(12(2)3)16-9-14(17)10-19-7-8-20-13(4)5/h12-17H,6-11H2,1-5H3. The molecule has 0 aromatic rings. The summed E-state index contributed by atoms with van der Waals surface area (Å²) < 4.78 is 16.2. The van der Waals surface area contributed by atoms with Crippen molar-refractivity contribution in [1.29, 1.82) is 0 Å². The first-order valence-corrected chi connectivity index (χ1v) is 7.65. The highest BCUT2D eigenvalue weighted by Gasteiger charge is 2.14. The Hall–Kier alpha value is -0.200. The van der Waals surface area contributed by atoms with Crippen molar-refractivity contribution >= 4 is 0 Å². The number of rotatable bonds is 13. The molecule has 2 N–H and O–H groups in total. The number of nitrogens with one attached hydrogen (secondary N) is 1. The number of aliphatic hydroxyl groups excluding tert-OH is 1. The maximum atomic E-state index is 9.84. The summed E-state index contributed by atoms with van der Waals surface area (Å²) >= 11 is 0. The molecule has 0 aliphatic rings. The first-order valence-electron chi connectivity index (χ1n) is 7.65. The van der Waals surface area contributed by atoms with Gasteiger partial charge in [0.15, 0.2) is 0 Å². The van der Waals surface area contributed by atoms with Crippen molar-refractivity contribution in [3.63, 3.8) is 0 Å². The number of hydrogen-bond donors (Lipinski definition) is 2. The topological polar surface area (TPSA) is 60.0 Å². The van der Waals surface area contributed by atoms with E-state index in [9.17, 15) is 5.11 Å². The van der Waals surface area contributed by atoms with Crippen LogP contribution < -0.4 is 5.32 Å². The highest BCUT2D eigenvalue weighted by Crippen LogP contribution is 2.02. The Morgan fingerprint density at radius 2 is 1.70 bits per heavy atom. The van der Waals surface area contributed by atoms with Gasteiger partial charge >= 0.3 is 0 Å². The van der Waals surface area contributed by atoms with Crippen LogP contribution in [0.4, 0.5) is 0 Å². The number of ether oxygens (including phenoxy) is 3. The van der Waals surface area contributed by atoms with Crippen LogP contribution in [0.1, 0.15) is 34.6 Å². The van der Waals surface area contributed by atoms with E-state index in [4.69, 9.17) is 14.2 Å². The summed E-state index contributed by atoms with van der Waals surface area (Å²) in [6.45, 7) is 13.6. The number of aliphatic hydroxyl groups is 1. The molecule has 5 heteroatoms. The van der Waals surface area contributed by atoms with E-state index in [1.54, 1.807) is 0 Å². The van der Waals surface area contributed by atoms with Gasteiger partial charge in [0.2, 0.25) is 0 Å². The average molecular weight is 291 g/mol. The van der Waals surface area contributed by atoms with Crippen molar-refractivity contribution in [2.24, 2.45) is 5.92 Å². The molecule has 0 aliphatic carbocycles. The van der Waals surface area contributed by atoms with Gasteiger partial charge < -0.3 is 24.6 Å². The minimum Gasteiger partial charge on any atom is -0.389 e. The summed E-state index contributed by atoms with van der Waals surface area (Å²) in [7, 11) is 0. The lowest BCUT2D eigenvalue weighted by Gasteiger charge is -2.23. The first kappa shape index (κ1) is 19.8. The van der Waals surface area contributed by atoms with Crippen LogP contribution in [0.5, 0.6) is 0 Å². The molecule has 2 atom stereocenters. The molecule has 0 aromatic heterocycles. The van der Waals surface area contributed by atoms with Gasteiger partial charge in [-0.2, -0.15) is 0 Å². The zero-order valence-corrected chi connectivity index (χ0v) is 13.7. The van der Waals surface area contributed by atoms with Gasteiger partial charge in [0.25, 0.3) is 0 Å². The molecule has 122 valence electrons.